The number of nitrogens with zero attached hydrogens (tertiary/aromatic N) is 3. The highest BCUT2D eigenvalue weighted by Crippen LogP contribution is 2.18. The Morgan fingerprint density at radius 3 is 2.21 bits per heavy atom. The molecule has 128 valence electrons. The SMILES string of the molecule is CCCN(CCC)C(=O)c1ccc(Nc2ccc(OC)cc2)nn1. The van der Waals surface area contributed by atoms with Gasteiger partial charge in [-0.2, -0.15) is 0 Å². The Hall–Kier alpha value is -2.63. The highest BCUT2D eigenvalue weighted by atomic mass is 16.5. The van der Waals surface area contributed by atoms with Gasteiger partial charge in [-0.25, -0.2) is 0 Å². The molecule has 0 aliphatic carbocycles. The van der Waals surface area contributed by atoms with Gasteiger partial charge in [0.1, 0.15) is 5.75 Å². The van der Waals surface area contributed by atoms with Crippen LogP contribution in [0.4, 0.5) is 11.5 Å². The van der Waals surface area contributed by atoms with Crippen molar-refractivity contribution in [2.75, 3.05) is 25.5 Å². The number of amides is 1. The second-order valence-electron chi connectivity index (χ2n) is 5.45. The molecule has 1 amide bonds. The first kappa shape index (κ1) is 17.7. The number of hydrogen-bond acceptors (Lipinski definition) is 5. The van der Waals surface area contributed by atoms with E-state index in [0.717, 1.165) is 37.4 Å². The molecule has 1 heterocycles. The molecule has 6 nitrogen and oxygen atoms in total. The molecule has 24 heavy (non-hydrogen) atoms. The number of carbonyl (C=O) groups excluding carboxylic acids is 1. The first-order chi connectivity index (χ1) is 11.7. The van der Waals surface area contributed by atoms with Crippen LogP contribution in [-0.2, 0) is 0 Å². The predicted molar refractivity (Wildman–Crippen MR) is 94.8 cm³/mol. The minimum atomic E-state index is -0.0674. The van der Waals surface area contributed by atoms with Crippen molar-refractivity contribution in [2.45, 2.75) is 26.7 Å². The summed E-state index contributed by atoms with van der Waals surface area (Å²) in [6.07, 6.45) is 1.85. The van der Waals surface area contributed by atoms with E-state index in [0.29, 0.717) is 11.5 Å². The second kappa shape index (κ2) is 8.86. The zero-order valence-corrected chi connectivity index (χ0v) is 14.5. The first-order valence-corrected chi connectivity index (χ1v) is 8.22. The molecule has 0 saturated carbocycles. The third-order valence-electron chi connectivity index (χ3n) is 3.52. The highest BCUT2D eigenvalue weighted by Gasteiger charge is 2.16. The summed E-state index contributed by atoms with van der Waals surface area (Å²) in [4.78, 5) is 14.3. The molecule has 2 aromatic rings. The van der Waals surface area contributed by atoms with Gasteiger partial charge in [0.05, 0.1) is 7.11 Å². The van der Waals surface area contributed by atoms with Crippen LogP contribution in [0.1, 0.15) is 37.2 Å². The van der Waals surface area contributed by atoms with Gasteiger partial charge in [-0.1, -0.05) is 13.8 Å². The number of nitrogens with one attached hydrogen (secondary N) is 1. The summed E-state index contributed by atoms with van der Waals surface area (Å²) in [5, 5.41) is 11.3. The lowest BCUT2D eigenvalue weighted by atomic mass is 10.2. The molecule has 6 heteroatoms. The molecule has 1 aromatic carbocycles. The number of hydrogen-bond donors (Lipinski definition) is 1. The van der Waals surface area contributed by atoms with Gasteiger partial charge >= 0.3 is 0 Å². The van der Waals surface area contributed by atoms with E-state index in [1.807, 2.05) is 29.2 Å². The standard InChI is InChI=1S/C18H24N4O2/c1-4-12-22(13-5-2)18(23)16-10-11-17(21-20-16)19-14-6-8-15(24-3)9-7-14/h6-11H,4-5,12-13H2,1-3H3,(H,19,21). The monoisotopic (exact) mass is 328 g/mol. The molecule has 1 N–H and O–H groups in total. The quantitative estimate of drug-likeness (QED) is 0.803. The Bertz CT molecular complexity index is 635. The fourth-order valence-corrected chi connectivity index (χ4v) is 2.35. The number of rotatable bonds is 8. The van der Waals surface area contributed by atoms with Gasteiger partial charge < -0.3 is 15.0 Å². The van der Waals surface area contributed by atoms with Crippen molar-refractivity contribution >= 4 is 17.4 Å². The maximum atomic E-state index is 12.5. The van der Waals surface area contributed by atoms with Gasteiger partial charge in [0.25, 0.3) is 5.91 Å². The van der Waals surface area contributed by atoms with Crippen molar-refractivity contribution in [3.63, 3.8) is 0 Å². The Morgan fingerprint density at radius 2 is 1.71 bits per heavy atom. The average molecular weight is 328 g/mol. The molecule has 0 saturated heterocycles. The molecular formula is C18H24N4O2. The van der Waals surface area contributed by atoms with Crippen LogP contribution < -0.4 is 10.1 Å². The molecule has 0 spiro atoms. The molecule has 2 rings (SSSR count). The van der Waals surface area contributed by atoms with E-state index >= 15 is 0 Å². The van der Waals surface area contributed by atoms with Crippen LogP contribution in [0.5, 0.6) is 5.75 Å². The Kier molecular flexibility index (Phi) is 6.54. The lowest BCUT2D eigenvalue weighted by Crippen LogP contribution is -2.33. The maximum Gasteiger partial charge on any atom is 0.274 e. The summed E-state index contributed by atoms with van der Waals surface area (Å²) >= 11 is 0. The van der Waals surface area contributed by atoms with Crippen LogP contribution in [0.15, 0.2) is 36.4 Å². The van der Waals surface area contributed by atoms with Gasteiger partial charge in [-0.05, 0) is 49.2 Å². The normalized spacial score (nSPS) is 10.3. The lowest BCUT2D eigenvalue weighted by molar-refractivity contribution is 0.0748. The van der Waals surface area contributed by atoms with Crippen molar-refractivity contribution in [3.8, 4) is 5.75 Å². The van der Waals surface area contributed by atoms with E-state index in [4.69, 9.17) is 4.74 Å². The lowest BCUT2D eigenvalue weighted by Gasteiger charge is -2.20. The van der Waals surface area contributed by atoms with Gasteiger partial charge in [-0.3, -0.25) is 4.79 Å². The molecule has 0 aliphatic rings. The second-order valence-corrected chi connectivity index (χ2v) is 5.45. The van der Waals surface area contributed by atoms with Crippen LogP contribution in [0, 0.1) is 0 Å². The summed E-state index contributed by atoms with van der Waals surface area (Å²) in [5.74, 6) is 1.32. The van der Waals surface area contributed by atoms with Crippen LogP contribution in [-0.4, -0.2) is 41.2 Å². The van der Waals surface area contributed by atoms with Crippen LogP contribution in [0.25, 0.3) is 0 Å². The summed E-state index contributed by atoms with van der Waals surface area (Å²) in [7, 11) is 1.63. The van der Waals surface area contributed by atoms with E-state index in [2.05, 4.69) is 29.4 Å². The molecule has 0 unspecified atom stereocenters. The smallest absolute Gasteiger partial charge is 0.274 e. The molecule has 0 radical (unpaired) electrons. The number of methoxy groups -OCH3 is 1. The van der Waals surface area contributed by atoms with E-state index in [1.54, 1.807) is 19.2 Å². The minimum absolute atomic E-state index is 0.0674. The van der Waals surface area contributed by atoms with Gasteiger partial charge in [0, 0.05) is 18.8 Å². The number of anilines is 2. The van der Waals surface area contributed by atoms with Gasteiger partial charge in [0.15, 0.2) is 11.5 Å². The summed E-state index contributed by atoms with van der Waals surface area (Å²) < 4.78 is 5.13. The van der Waals surface area contributed by atoms with Crippen LogP contribution >= 0.6 is 0 Å². The maximum absolute atomic E-state index is 12.5. The van der Waals surface area contributed by atoms with E-state index < -0.39 is 0 Å². The van der Waals surface area contributed by atoms with Gasteiger partial charge in [0.2, 0.25) is 0 Å². The van der Waals surface area contributed by atoms with Crippen molar-refractivity contribution in [1.29, 1.82) is 0 Å². The molecular weight excluding hydrogens is 304 g/mol. The molecule has 0 aliphatic heterocycles. The molecule has 0 bridgehead atoms. The predicted octanol–water partition coefficient (Wildman–Crippen LogP) is 3.49. The largest absolute Gasteiger partial charge is 0.497 e. The highest BCUT2D eigenvalue weighted by molar-refractivity contribution is 5.92. The number of carbonyl (C=O) groups is 1. The Morgan fingerprint density at radius 1 is 1.04 bits per heavy atom. The first-order valence-electron chi connectivity index (χ1n) is 8.22. The van der Waals surface area contributed by atoms with Crippen LogP contribution in [0.2, 0.25) is 0 Å². The van der Waals surface area contributed by atoms with Crippen molar-refractivity contribution < 1.29 is 9.53 Å². The summed E-state index contributed by atoms with van der Waals surface area (Å²) in [5.41, 5.74) is 1.25. The van der Waals surface area contributed by atoms with Crippen LogP contribution in [0.3, 0.4) is 0 Å². The molecule has 1 aromatic heterocycles. The minimum Gasteiger partial charge on any atom is -0.497 e. The molecule has 0 fully saturated rings. The number of aromatic nitrogens is 2. The fraction of sp³-hybridized carbons (Fsp3) is 0.389. The number of ether oxygens (including phenoxy) is 1. The zero-order valence-electron chi connectivity index (χ0n) is 14.5. The Balaban J connectivity index is 2.04. The van der Waals surface area contributed by atoms with Gasteiger partial charge in [-0.15, -0.1) is 10.2 Å². The Labute approximate surface area is 142 Å². The van der Waals surface area contributed by atoms with E-state index in [1.165, 1.54) is 0 Å². The van der Waals surface area contributed by atoms with Crippen molar-refractivity contribution in [2.24, 2.45) is 0 Å². The third-order valence-corrected chi connectivity index (χ3v) is 3.52. The number of benzene rings is 1. The van der Waals surface area contributed by atoms with Crippen molar-refractivity contribution in [3.05, 3.63) is 42.1 Å². The topological polar surface area (TPSA) is 67.4 Å². The fourth-order valence-electron chi connectivity index (χ4n) is 2.35. The zero-order chi connectivity index (χ0) is 17.4. The van der Waals surface area contributed by atoms with Crippen molar-refractivity contribution in [1.82, 2.24) is 15.1 Å². The summed E-state index contributed by atoms with van der Waals surface area (Å²) in [6.45, 7) is 5.59. The third kappa shape index (κ3) is 4.68. The summed E-state index contributed by atoms with van der Waals surface area (Å²) in [6, 6.07) is 11.0. The van der Waals surface area contributed by atoms with E-state index in [9.17, 15) is 4.79 Å². The average Bonchev–Trinajstić information content (AvgIpc) is 2.62. The molecule has 0 atom stereocenters. The van der Waals surface area contributed by atoms with E-state index in [-0.39, 0.29) is 5.91 Å².